The van der Waals surface area contributed by atoms with E-state index in [2.05, 4.69) is 31.3 Å². The van der Waals surface area contributed by atoms with Crippen LogP contribution < -0.4 is 20.0 Å². The number of carbonyl (C=O) groups excluding carboxylic acids is 1. The number of non-ortho nitro benzene ring substituents is 1. The highest BCUT2D eigenvalue weighted by atomic mass is 16.6. The molecule has 1 amide bonds. The minimum absolute atomic E-state index is 0.00276. The Hall–Kier alpha value is -3.62. The number of carbonyl (C=O) groups is 1. The van der Waals surface area contributed by atoms with Gasteiger partial charge >= 0.3 is 0 Å². The van der Waals surface area contributed by atoms with Crippen LogP contribution in [0.1, 0.15) is 37.5 Å². The van der Waals surface area contributed by atoms with E-state index in [-0.39, 0.29) is 28.8 Å². The first-order valence-electron chi connectivity index (χ1n) is 9.29. The summed E-state index contributed by atoms with van der Waals surface area (Å²) in [5.41, 5.74) is 3.22. The molecule has 0 saturated carbocycles. The molecule has 0 aromatic heterocycles. The summed E-state index contributed by atoms with van der Waals surface area (Å²) in [6, 6.07) is 7.90. The van der Waals surface area contributed by atoms with Crippen LogP contribution in [0.5, 0.6) is 17.2 Å². The predicted molar refractivity (Wildman–Crippen MR) is 108 cm³/mol. The normalized spacial score (nSPS) is 15.8. The Labute approximate surface area is 173 Å². The second-order valence-electron chi connectivity index (χ2n) is 8.00. The summed E-state index contributed by atoms with van der Waals surface area (Å²) in [6.07, 6.45) is 0.152. The lowest BCUT2D eigenvalue weighted by atomic mass is 9.87. The van der Waals surface area contributed by atoms with Gasteiger partial charge in [-0.3, -0.25) is 14.9 Å². The standard InChI is InChI=1S/C21H23N3O6/c1-12-7-15(24(27)28)8-13(19(12)25)10-22-23-20(26)18-11-29-16-6-5-14(21(2,3)4)9-17(16)30-18/h5-10,18,25H,11H2,1-4H3,(H,23,26)/p-1/b22-10+/t18-/m1/s1. The number of fused-ring (bicyclic) bond motifs is 1. The molecule has 2 aromatic rings. The third-order valence-electron chi connectivity index (χ3n) is 4.64. The topological polar surface area (TPSA) is 126 Å². The number of hydrazone groups is 1. The van der Waals surface area contributed by atoms with Crippen LogP contribution in [0.3, 0.4) is 0 Å². The van der Waals surface area contributed by atoms with Gasteiger partial charge in [-0.1, -0.05) is 38.2 Å². The molecule has 3 rings (SSSR count). The molecular weight excluding hydrogens is 390 g/mol. The zero-order chi connectivity index (χ0) is 22.1. The van der Waals surface area contributed by atoms with Gasteiger partial charge in [0.15, 0.2) is 11.5 Å². The highest BCUT2D eigenvalue weighted by molar-refractivity contribution is 5.87. The third kappa shape index (κ3) is 4.51. The van der Waals surface area contributed by atoms with Gasteiger partial charge in [-0.15, -0.1) is 0 Å². The zero-order valence-electron chi connectivity index (χ0n) is 17.1. The molecule has 0 spiro atoms. The number of benzene rings is 2. The van der Waals surface area contributed by atoms with E-state index >= 15 is 0 Å². The molecule has 1 heterocycles. The molecule has 0 fully saturated rings. The largest absolute Gasteiger partial charge is 0.872 e. The lowest BCUT2D eigenvalue weighted by molar-refractivity contribution is -0.385. The fourth-order valence-corrected chi connectivity index (χ4v) is 2.89. The molecule has 9 heteroatoms. The van der Waals surface area contributed by atoms with Crippen molar-refractivity contribution < 1.29 is 24.3 Å². The quantitative estimate of drug-likeness (QED) is 0.467. The van der Waals surface area contributed by atoms with E-state index in [0.717, 1.165) is 17.8 Å². The van der Waals surface area contributed by atoms with Crippen LogP contribution in [0.2, 0.25) is 0 Å². The molecule has 0 radical (unpaired) electrons. The molecule has 0 aliphatic carbocycles. The van der Waals surface area contributed by atoms with Crippen LogP contribution in [0, 0.1) is 17.0 Å². The summed E-state index contributed by atoms with van der Waals surface area (Å²) < 4.78 is 11.4. The second-order valence-corrected chi connectivity index (χ2v) is 8.00. The maximum Gasteiger partial charge on any atom is 0.284 e. The fraction of sp³-hybridized carbons (Fsp3) is 0.333. The third-order valence-corrected chi connectivity index (χ3v) is 4.64. The summed E-state index contributed by atoms with van der Waals surface area (Å²) in [6.45, 7) is 7.68. The maximum absolute atomic E-state index is 12.4. The first-order valence-corrected chi connectivity index (χ1v) is 9.29. The van der Waals surface area contributed by atoms with Gasteiger partial charge in [0.1, 0.15) is 6.61 Å². The Morgan fingerprint density at radius 2 is 2.00 bits per heavy atom. The summed E-state index contributed by atoms with van der Waals surface area (Å²) >= 11 is 0. The van der Waals surface area contributed by atoms with Crippen molar-refractivity contribution >= 4 is 17.8 Å². The van der Waals surface area contributed by atoms with Crippen molar-refractivity contribution in [1.29, 1.82) is 0 Å². The first-order chi connectivity index (χ1) is 14.1. The minimum atomic E-state index is -0.927. The summed E-state index contributed by atoms with van der Waals surface area (Å²) in [5.74, 6) is 0.0553. The van der Waals surface area contributed by atoms with E-state index in [0.29, 0.717) is 11.5 Å². The van der Waals surface area contributed by atoms with E-state index in [1.165, 1.54) is 13.0 Å². The number of nitrogens with zero attached hydrogens (tertiary/aromatic N) is 2. The number of nitro benzene ring substituents is 1. The molecule has 1 N–H and O–H groups in total. The van der Waals surface area contributed by atoms with Crippen LogP contribution in [0.4, 0.5) is 5.69 Å². The van der Waals surface area contributed by atoms with Crippen molar-refractivity contribution in [1.82, 2.24) is 5.43 Å². The van der Waals surface area contributed by atoms with Crippen molar-refractivity contribution in [3.63, 3.8) is 0 Å². The first kappa shape index (κ1) is 21.1. The van der Waals surface area contributed by atoms with E-state index in [9.17, 15) is 20.0 Å². The van der Waals surface area contributed by atoms with Crippen molar-refractivity contribution in [2.45, 2.75) is 39.2 Å². The minimum Gasteiger partial charge on any atom is -0.872 e. The van der Waals surface area contributed by atoms with Crippen LogP contribution in [-0.2, 0) is 10.2 Å². The number of aryl methyl sites for hydroxylation is 1. The van der Waals surface area contributed by atoms with Crippen LogP contribution in [0.15, 0.2) is 35.4 Å². The molecular formula is C21H22N3O6-. The maximum atomic E-state index is 12.4. The van der Waals surface area contributed by atoms with Crippen LogP contribution >= 0.6 is 0 Å². The smallest absolute Gasteiger partial charge is 0.284 e. The number of hydrogen-bond acceptors (Lipinski definition) is 7. The van der Waals surface area contributed by atoms with Gasteiger partial charge in [0.25, 0.3) is 11.6 Å². The van der Waals surface area contributed by atoms with Gasteiger partial charge in [-0.25, -0.2) is 5.43 Å². The van der Waals surface area contributed by atoms with Crippen molar-refractivity contribution in [2.24, 2.45) is 5.10 Å². The Bertz CT molecular complexity index is 1030. The number of hydrogen-bond donors (Lipinski definition) is 1. The van der Waals surface area contributed by atoms with Gasteiger partial charge in [0.2, 0.25) is 6.10 Å². The van der Waals surface area contributed by atoms with Crippen LogP contribution in [-0.4, -0.2) is 29.8 Å². The van der Waals surface area contributed by atoms with Gasteiger partial charge in [0, 0.05) is 12.1 Å². The summed E-state index contributed by atoms with van der Waals surface area (Å²) in [5, 5.41) is 26.8. The Kier molecular flexibility index (Phi) is 5.64. The molecule has 0 unspecified atom stereocenters. The zero-order valence-corrected chi connectivity index (χ0v) is 17.1. The van der Waals surface area contributed by atoms with Gasteiger partial charge < -0.3 is 14.6 Å². The molecule has 1 aliphatic rings. The van der Waals surface area contributed by atoms with Crippen LogP contribution in [0.25, 0.3) is 0 Å². The molecule has 0 bridgehead atoms. The molecule has 1 atom stereocenters. The van der Waals surface area contributed by atoms with E-state index in [4.69, 9.17) is 9.47 Å². The van der Waals surface area contributed by atoms with E-state index in [1.54, 1.807) is 0 Å². The highest BCUT2D eigenvalue weighted by Crippen LogP contribution is 2.36. The molecule has 9 nitrogen and oxygen atoms in total. The van der Waals surface area contributed by atoms with Crippen molar-refractivity contribution in [3.8, 4) is 17.2 Å². The van der Waals surface area contributed by atoms with Gasteiger partial charge in [0.05, 0.1) is 11.1 Å². The fourth-order valence-electron chi connectivity index (χ4n) is 2.89. The lowest BCUT2D eigenvalue weighted by Crippen LogP contribution is -2.42. The summed E-state index contributed by atoms with van der Waals surface area (Å²) in [7, 11) is 0. The van der Waals surface area contributed by atoms with Gasteiger partial charge in [-0.05, 0) is 35.6 Å². The van der Waals surface area contributed by atoms with Crippen molar-refractivity contribution in [3.05, 3.63) is 57.1 Å². The Balaban J connectivity index is 1.70. The predicted octanol–water partition coefficient (Wildman–Crippen LogP) is 2.56. The molecule has 158 valence electrons. The lowest BCUT2D eigenvalue weighted by Gasteiger charge is -2.27. The van der Waals surface area contributed by atoms with E-state index in [1.807, 2.05) is 18.2 Å². The average molecular weight is 412 g/mol. The summed E-state index contributed by atoms with van der Waals surface area (Å²) in [4.78, 5) is 22.7. The van der Waals surface area contributed by atoms with E-state index < -0.39 is 22.7 Å². The molecule has 1 aliphatic heterocycles. The number of rotatable bonds is 4. The average Bonchev–Trinajstić information content (AvgIpc) is 2.69. The SMILES string of the molecule is Cc1cc([N+](=O)[O-])cc(/C=N/NC(=O)[C@H]2COc3ccc(C(C)(C)C)cc3O2)c1[O-]. The second kappa shape index (κ2) is 8.02. The number of nitro groups is 1. The molecule has 0 saturated heterocycles. The number of nitrogens with one attached hydrogen (secondary N) is 1. The Morgan fingerprint density at radius 3 is 2.67 bits per heavy atom. The highest BCUT2D eigenvalue weighted by Gasteiger charge is 2.28. The van der Waals surface area contributed by atoms with Gasteiger partial charge in [-0.2, -0.15) is 5.10 Å². The number of ether oxygens (including phenoxy) is 2. The van der Waals surface area contributed by atoms with Crippen molar-refractivity contribution in [2.75, 3.05) is 6.61 Å². The molecule has 30 heavy (non-hydrogen) atoms. The number of amides is 1. The molecule has 2 aromatic carbocycles. The Morgan fingerprint density at radius 1 is 1.27 bits per heavy atom. The monoisotopic (exact) mass is 412 g/mol.